The highest BCUT2D eigenvalue weighted by molar-refractivity contribution is 5.82. The maximum Gasteiger partial charge on any atom is 0.240 e. The molecule has 3 nitrogen and oxygen atoms in total. The molecule has 3 unspecified atom stereocenters. The minimum absolute atomic E-state index is 0.0257. The summed E-state index contributed by atoms with van der Waals surface area (Å²) in [4.78, 5) is 18.3. The number of piperidine rings is 1. The maximum atomic E-state index is 13.8. The molecule has 2 fully saturated rings. The van der Waals surface area contributed by atoms with E-state index in [-0.39, 0.29) is 23.3 Å². The fourth-order valence-electron chi connectivity index (χ4n) is 5.30. The van der Waals surface area contributed by atoms with Crippen LogP contribution >= 0.6 is 0 Å². The second-order valence-corrected chi connectivity index (χ2v) is 10.6. The van der Waals surface area contributed by atoms with Crippen molar-refractivity contribution in [3.63, 3.8) is 0 Å². The molecule has 2 aliphatic rings. The number of hydrogen-bond donors (Lipinski definition) is 0. The Bertz CT molecular complexity index is 679. The van der Waals surface area contributed by atoms with Crippen LogP contribution in [0.3, 0.4) is 0 Å². The van der Waals surface area contributed by atoms with Crippen molar-refractivity contribution >= 4 is 5.91 Å². The molecule has 0 aromatic heterocycles. The van der Waals surface area contributed by atoms with Gasteiger partial charge in [-0.3, -0.25) is 9.69 Å². The normalized spacial score (nSPS) is 25.7. The highest BCUT2D eigenvalue weighted by atomic mass is 19.1. The fraction of sp³-hybridized carbons (Fsp3) is 0.720. The number of carbonyl (C=O) groups is 1. The van der Waals surface area contributed by atoms with Gasteiger partial charge < -0.3 is 4.90 Å². The van der Waals surface area contributed by atoms with Gasteiger partial charge in [-0.15, -0.1) is 0 Å². The van der Waals surface area contributed by atoms with Crippen LogP contribution in [0, 0.1) is 23.6 Å². The van der Waals surface area contributed by atoms with Crippen molar-refractivity contribution in [3.05, 3.63) is 35.6 Å². The van der Waals surface area contributed by atoms with Crippen molar-refractivity contribution in [2.45, 2.75) is 84.8 Å². The van der Waals surface area contributed by atoms with Gasteiger partial charge >= 0.3 is 0 Å². The van der Waals surface area contributed by atoms with Gasteiger partial charge in [-0.05, 0) is 69.1 Å². The Labute approximate surface area is 176 Å². The van der Waals surface area contributed by atoms with Crippen LogP contribution < -0.4 is 0 Å². The van der Waals surface area contributed by atoms with E-state index in [1.165, 1.54) is 37.8 Å². The van der Waals surface area contributed by atoms with Gasteiger partial charge in [0.2, 0.25) is 5.91 Å². The van der Waals surface area contributed by atoms with E-state index in [4.69, 9.17) is 0 Å². The van der Waals surface area contributed by atoms with Crippen LogP contribution in [0.2, 0.25) is 0 Å². The number of benzene rings is 1. The third kappa shape index (κ3) is 5.59. The highest BCUT2D eigenvalue weighted by Gasteiger charge is 2.44. The predicted octanol–water partition coefficient (Wildman–Crippen LogP) is 5.49. The van der Waals surface area contributed by atoms with Crippen LogP contribution in [0.5, 0.6) is 0 Å². The Balaban J connectivity index is 1.83. The Kier molecular flexibility index (Phi) is 7.03. The van der Waals surface area contributed by atoms with Crippen molar-refractivity contribution in [1.29, 1.82) is 0 Å². The van der Waals surface area contributed by atoms with Gasteiger partial charge in [-0.1, -0.05) is 45.2 Å². The van der Waals surface area contributed by atoms with Crippen LogP contribution in [0.1, 0.15) is 72.3 Å². The number of carbonyl (C=O) groups excluding carboxylic acids is 1. The summed E-state index contributed by atoms with van der Waals surface area (Å²) in [6, 6.07) is 6.53. The van der Waals surface area contributed by atoms with Crippen molar-refractivity contribution in [2.24, 2.45) is 17.8 Å². The van der Waals surface area contributed by atoms with Gasteiger partial charge in [-0.2, -0.15) is 0 Å². The number of likely N-dealkylation sites (tertiary alicyclic amines) is 1. The number of rotatable bonds is 5. The number of fused-ring (bicyclic) bond motifs is 1. The molecule has 0 N–H and O–H groups in total. The van der Waals surface area contributed by atoms with Gasteiger partial charge in [0.05, 0.1) is 6.04 Å². The smallest absolute Gasteiger partial charge is 0.240 e. The lowest BCUT2D eigenvalue weighted by Crippen LogP contribution is -2.61. The standard InChI is InChI=1S/C25H39FN2O/c1-18(2)15-27(16-19-10-12-22(26)13-11-19)24(29)23-14-20-8-6-7-9-21(20)17-28(23)25(3,4)5/h10-13,18,20-21,23H,6-9,14-17H2,1-5H3. The molecule has 162 valence electrons. The summed E-state index contributed by atoms with van der Waals surface area (Å²) >= 11 is 0. The first kappa shape index (κ1) is 22.3. The van der Waals surface area contributed by atoms with E-state index in [0.29, 0.717) is 18.4 Å². The van der Waals surface area contributed by atoms with E-state index in [0.717, 1.165) is 31.0 Å². The van der Waals surface area contributed by atoms with Gasteiger partial charge in [-0.25, -0.2) is 4.39 Å². The Morgan fingerprint density at radius 1 is 1.14 bits per heavy atom. The molecule has 1 heterocycles. The summed E-state index contributed by atoms with van der Waals surface area (Å²) in [5.74, 6) is 1.84. The zero-order chi connectivity index (χ0) is 21.2. The quantitative estimate of drug-likeness (QED) is 0.650. The molecular formula is C25H39FN2O. The van der Waals surface area contributed by atoms with Gasteiger partial charge in [0, 0.05) is 25.2 Å². The van der Waals surface area contributed by atoms with E-state index in [1.54, 1.807) is 12.1 Å². The molecular weight excluding hydrogens is 363 g/mol. The zero-order valence-corrected chi connectivity index (χ0v) is 19.0. The molecule has 0 bridgehead atoms. The van der Waals surface area contributed by atoms with E-state index in [9.17, 15) is 9.18 Å². The van der Waals surface area contributed by atoms with E-state index < -0.39 is 0 Å². The lowest BCUT2D eigenvalue weighted by atomic mass is 9.71. The lowest BCUT2D eigenvalue weighted by molar-refractivity contribution is -0.145. The Morgan fingerprint density at radius 3 is 2.34 bits per heavy atom. The first-order valence-electron chi connectivity index (χ1n) is 11.4. The number of halogens is 1. The van der Waals surface area contributed by atoms with Gasteiger partial charge in [0.25, 0.3) is 0 Å². The molecule has 0 radical (unpaired) electrons. The molecule has 0 spiro atoms. The summed E-state index contributed by atoms with van der Waals surface area (Å²) in [6.07, 6.45) is 6.21. The largest absolute Gasteiger partial charge is 0.337 e. The number of hydrogen-bond acceptors (Lipinski definition) is 2. The van der Waals surface area contributed by atoms with Crippen LogP contribution in [-0.4, -0.2) is 40.4 Å². The molecule has 1 saturated carbocycles. The topological polar surface area (TPSA) is 23.6 Å². The molecule has 3 atom stereocenters. The predicted molar refractivity (Wildman–Crippen MR) is 117 cm³/mol. The molecule has 1 aliphatic carbocycles. The minimum atomic E-state index is -0.231. The third-order valence-electron chi connectivity index (χ3n) is 6.73. The summed E-state index contributed by atoms with van der Waals surface area (Å²) in [7, 11) is 0. The van der Waals surface area contributed by atoms with E-state index in [2.05, 4.69) is 39.5 Å². The second kappa shape index (κ2) is 9.16. The lowest BCUT2D eigenvalue weighted by Gasteiger charge is -2.51. The number of nitrogens with zero attached hydrogens (tertiary/aromatic N) is 2. The van der Waals surface area contributed by atoms with Crippen LogP contribution in [0.4, 0.5) is 4.39 Å². The SMILES string of the molecule is CC(C)CN(Cc1ccc(F)cc1)C(=O)C1CC2CCCCC2CN1C(C)(C)C. The Morgan fingerprint density at radius 2 is 1.76 bits per heavy atom. The maximum absolute atomic E-state index is 13.8. The van der Waals surface area contributed by atoms with Crippen molar-refractivity contribution in [2.75, 3.05) is 13.1 Å². The summed E-state index contributed by atoms with van der Waals surface area (Å²) < 4.78 is 13.3. The van der Waals surface area contributed by atoms with Gasteiger partial charge in [0.15, 0.2) is 0 Å². The monoisotopic (exact) mass is 402 g/mol. The van der Waals surface area contributed by atoms with E-state index >= 15 is 0 Å². The average molecular weight is 403 g/mol. The summed E-state index contributed by atoms with van der Waals surface area (Å²) in [5.41, 5.74) is 0.969. The highest BCUT2D eigenvalue weighted by Crippen LogP contribution is 2.41. The molecule has 1 amide bonds. The third-order valence-corrected chi connectivity index (χ3v) is 6.73. The molecule has 1 aromatic rings. The molecule has 1 aromatic carbocycles. The Hall–Kier alpha value is -1.42. The molecule has 1 aliphatic heterocycles. The van der Waals surface area contributed by atoms with Crippen LogP contribution in [0.15, 0.2) is 24.3 Å². The fourth-order valence-corrected chi connectivity index (χ4v) is 5.30. The average Bonchev–Trinajstić information content (AvgIpc) is 2.66. The first-order valence-corrected chi connectivity index (χ1v) is 11.4. The van der Waals surface area contributed by atoms with Crippen molar-refractivity contribution < 1.29 is 9.18 Å². The van der Waals surface area contributed by atoms with Crippen molar-refractivity contribution in [3.8, 4) is 0 Å². The number of amides is 1. The summed E-state index contributed by atoms with van der Waals surface area (Å²) in [5, 5.41) is 0. The van der Waals surface area contributed by atoms with Crippen LogP contribution in [0.25, 0.3) is 0 Å². The second-order valence-electron chi connectivity index (χ2n) is 10.6. The van der Waals surface area contributed by atoms with E-state index in [1.807, 2.05) is 4.90 Å². The van der Waals surface area contributed by atoms with Crippen LogP contribution in [-0.2, 0) is 11.3 Å². The van der Waals surface area contributed by atoms with Crippen molar-refractivity contribution in [1.82, 2.24) is 9.80 Å². The zero-order valence-electron chi connectivity index (χ0n) is 19.0. The molecule has 3 rings (SSSR count). The summed E-state index contributed by atoms with van der Waals surface area (Å²) in [6.45, 7) is 13.4. The molecule has 29 heavy (non-hydrogen) atoms. The molecule has 4 heteroatoms. The minimum Gasteiger partial charge on any atom is -0.337 e. The first-order chi connectivity index (χ1) is 13.6. The molecule has 1 saturated heterocycles. The van der Waals surface area contributed by atoms with Gasteiger partial charge in [0.1, 0.15) is 5.82 Å².